The molecule has 0 aliphatic rings. The highest BCUT2D eigenvalue weighted by Gasteiger charge is 2.13. The quantitative estimate of drug-likeness (QED) is 0.637. The summed E-state index contributed by atoms with van der Waals surface area (Å²) in [5.41, 5.74) is 12.2. The van der Waals surface area contributed by atoms with Crippen molar-refractivity contribution in [2.24, 2.45) is 0 Å². The van der Waals surface area contributed by atoms with E-state index in [1.807, 2.05) is 12.1 Å². The number of aromatic amines is 1. The molecule has 3 heteroatoms. The summed E-state index contributed by atoms with van der Waals surface area (Å²) in [5.74, 6) is 0. The number of H-pyrrole nitrogens is 1. The minimum atomic E-state index is 0.734. The number of nitrogens with one attached hydrogen (secondary N) is 1. The van der Waals surface area contributed by atoms with Gasteiger partial charge in [-0.05, 0) is 31.0 Å². The van der Waals surface area contributed by atoms with Crippen molar-refractivity contribution in [1.82, 2.24) is 10.2 Å². The lowest BCUT2D eigenvalue weighted by Crippen LogP contribution is -1.88. The zero-order valence-corrected chi connectivity index (χ0v) is 10.5. The molecule has 3 N–H and O–H groups in total. The second-order valence-electron chi connectivity index (χ2n) is 4.61. The van der Waals surface area contributed by atoms with Crippen LogP contribution in [-0.4, -0.2) is 10.2 Å². The molecule has 3 aromatic rings. The standard InChI is InChI=1S/C15H15N3/c1-9-5-3-6-10(2)13(9)15-11-7-4-8-12(16)14(11)17-18-15/h3-8H,16H2,1-2H3,(H,17,18). The number of fused-ring (bicyclic) bond motifs is 1. The van der Waals surface area contributed by atoms with Crippen LogP contribution in [0.3, 0.4) is 0 Å². The van der Waals surface area contributed by atoms with Crippen molar-refractivity contribution < 1.29 is 0 Å². The number of aryl methyl sites for hydroxylation is 2. The number of nitrogen functional groups attached to an aromatic ring is 1. The molecule has 2 aromatic carbocycles. The number of nitrogens with two attached hydrogens (primary N) is 1. The summed E-state index contributed by atoms with van der Waals surface area (Å²) in [6, 6.07) is 12.2. The zero-order chi connectivity index (χ0) is 12.7. The van der Waals surface area contributed by atoms with Gasteiger partial charge in [-0.15, -0.1) is 0 Å². The van der Waals surface area contributed by atoms with Crippen LogP contribution in [0.5, 0.6) is 0 Å². The van der Waals surface area contributed by atoms with E-state index >= 15 is 0 Å². The van der Waals surface area contributed by atoms with Crippen LogP contribution >= 0.6 is 0 Å². The molecule has 0 amide bonds. The summed E-state index contributed by atoms with van der Waals surface area (Å²) >= 11 is 0. The Morgan fingerprint density at radius 1 is 1.00 bits per heavy atom. The highest BCUT2D eigenvalue weighted by atomic mass is 15.1. The first-order valence-corrected chi connectivity index (χ1v) is 5.97. The van der Waals surface area contributed by atoms with Crippen LogP contribution in [0.2, 0.25) is 0 Å². The molecular weight excluding hydrogens is 222 g/mol. The summed E-state index contributed by atoms with van der Waals surface area (Å²) in [6.45, 7) is 4.21. The predicted molar refractivity (Wildman–Crippen MR) is 75.4 cm³/mol. The van der Waals surface area contributed by atoms with Crippen LogP contribution < -0.4 is 5.73 Å². The first-order chi connectivity index (χ1) is 8.68. The minimum Gasteiger partial charge on any atom is -0.397 e. The van der Waals surface area contributed by atoms with Gasteiger partial charge in [0.15, 0.2) is 0 Å². The first-order valence-electron chi connectivity index (χ1n) is 5.97. The first kappa shape index (κ1) is 10.8. The maximum absolute atomic E-state index is 5.95. The van der Waals surface area contributed by atoms with Crippen molar-refractivity contribution in [2.75, 3.05) is 5.73 Å². The summed E-state index contributed by atoms with van der Waals surface area (Å²) in [5, 5.41) is 8.55. The number of benzene rings is 2. The highest BCUT2D eigenvalue weighted by Crippen LogP contribution is 2.32. The van der Waals surface area contributed by atoms with Gasteiger partial charge in [0.05, 0.1) is 11.2 Å². The Bertz CT molecular complexity index is 705. The van der Waals surface area contributed by atoms with E-state index in [-0.39, 0.29) is 0 Å². The Morgan fingerprint density at radius 3 is 2.39 bits per heavy atom. The molecule has 0 bridgehead atoms. The molecule has 3 nitrogen and oxygen atoms in total. The lowest BCUT2D eigenvalue weighted by molar-refractivity contribution is 1.12. The number of aromatic nitrogens is 2. The summed E-state index contributed by atoms with van der Waals surface area (Å²) in [4.78, 5) is 0. The molecule has 0 saturated heterocycles. The van der Waals surface area contributed by atoms with Crippen molar-refractivity contribution in [3.8, 4) is 11.3 Å². The topological polar surface area (TPSA) is 54.7 Å². The van der Waals surface area contributed by atoms with Crippen LogP contribution in [0.1, 0.15) is 11.1 Å². The average Bonchev–Trinajstić information content (AvgIpc) is 2.75. The molecule has 0 aliphatic carbocycles. The molecule has 0 unspecified atom stereocenters. The Morgan fingerprint density at radius 2 is 1.67 bits per heavy atom. The Hall–Kier alpha value is -2.29. The van der Waals surface area contributed by atoms with Crippen molar-refractivity contribution in [3.63, 3.8) is 0 Å². The Labute approximate surface area is 106 Å². The highest BCUT2D eigenvalue weighted by molar-refractivity contribution is 5.99. The number of anilines is 1. The third kappa shape index (κ3) is 1.48. The van der Waals surface area contributed by atoms with Gasteiger partial charge in [-0.2, -0.15) is 5.10 Å². The molecule has 90 valence electrons. The lowest BCUT2D eigenvalue weighted by atomic mass is 9.98. The fraction of sp³-hybridized carbons (Fsp3) is 0.133. The van der Waals surface area contributed by atoms with E-state index in [2.05, 4.69) is 48.3 Å². The van der Waals surface area contributed by atoms with Gasteiger partial charge in [-0.1, -0.05) is 30.3 Å². The van der Waals surface area contributed by atoms with Gasteiger partial charge >= 0.3 is 0 Å². The van der Waals surface area contributed by atoms with E-state index in [0.29, 0.717) is 0 Å². The molecule has 0 radical (unpaired) electrons. The summed E-state index contributed by atoms with van der Waals surface area (Å²) < 4.78 is 0. The molecule has 0 aliphatic heterocycles. The molecule has 18 heavy (non-hydrogen) atoms. The van der Waals surface area contributed by atoms with Crippen LogP contribution in [0.4, 0.5) is 5.69 Å². The molecule has 1 heterocycles. The fourth-order valence-electron chi connectivity index (χ4n) is 2.44. The monoisotopic (exact) mass is 237 g/mol. The number of rotatable bonds is 1. The predicted octanol–water partition coefficient (Wildman–Crippen LogP) is 3.43. The normalized spacial score (nSPS) is 11.0. The van der Waals surface area contributed by atoms with E-state index < -0.39 is 0 Å². The molecule has 0 saturated carbocycles. The van der Waals surface area contributed by atoms with Crippen LogP contribution in [0.15, 0.2) is 36.4 Å². The fourth-order valence-corrected chi connectivity index (χ4v) is 2.44. The van der Waals surface area contributed by atoms with Crippen molar-refractivity contribution in [3.05, 3.63) is 47.5 Å². The third-order valence-corrected chi connectivity index (χ3v) is 3.35. The smallest absolute Gasteiger partial charge is 0.101 e. The van der Waals surface area contributed by atoms with Gasteiger partial charge in [0.25, 0.3) is 0 Å². The van der Waals surface area contributed by atoms with E-state index in [0.717, 1.165) is 22.3 Å². The number of hydrogen-bond acceptors (Lipinski definition) is 2. The van der Waals surface area contributed by atoms with Gasteiger partial charge in [0.2, 0.25) is 0 Å². The van der Waals surface area contributed by atoms with E-state index in [1.54, 1.807) is 0 Å². The number of nitrogens with zero attached hydrogens (tertiary/aromatic N) is 1. The SMILES string of the molecule is Cc1cccc(C)c1-c1n[nH]c2c(N)cccc12. The van der Waals surface area contributed by atoms with Gasteiger partial charge in [-0.3, -0.25) is 5.10 Å². The average molecular weight is 237 g/mol. The van der Waals surface area contributed by atoms with E-state index in [4.69, 9.17) is 5.73 Å². The number of hydrogen-bond donors (Lipinski definition) is 2. The van der Waals surface area contributed by atoms with Crippen molar-refractivity contribution in [1.29, 1.82) is 0 Å². The molecule has 0 fully saturated rings. The van der Waals surface area contributed by atoms with Crippen molar-refractivity contribution >= 4 is 16.6 Å². The maximum Gasteiger partial charge on any atom is 0.101 e. The second kappa shape index (κ2) is 3.88. The van der Waals surface area contributed by atoms with Crippen molar-refractivity contribution in [2.45, 2.75) is 13.8 Å². The Kier molecular flexibility index (Phi) is 2.33. The molecular formula is C15H15N3. The molecule has 0 spiro atoms. The van der Waals surface area contributed by atoms with Crippen LogP contribution in [-0.2, 0) is 0 Å². The largest absolute Gasteiger partial charge is 0.397 e. The Balaban J connectivity index is 2.36. The van der Waals surface area contributed by atoms with E-state index in [1.165, 1.54) is 16.7 Å². The molecule has 1 aromatic heterocycles. The van der Waals surface area contributed by atoms with Gasteiger partial charge < -0.3 is 5.73 Å². The summed E-state index contributed by atoms with van der Waals surface area (Å²) in [7, 11) is 0. The number of para-hydroxylation sites is 1. The van der Waals surface area contributed by atoms with Gasteiger partial charge in [0, 0.05) is 10.9 Å². The maximum atomic E-state index is 5.95. The summed E-state index contributed by atoms with van der Waals surface area (Å²) in [6.07, 6.45) is 0. The minimum absolute atomic E-state index is 0.734. The van der Waals surface area contributed by atoms with Crippen LogP contribution in [0.25, 0.3) is 22.2 Å². The second-order valence-corrected chi connectivity index (χ2v) is 4.61. The molecule has 0 atom stereocenters. The van der Waals surface area contributed by atoms with E-state index in [9.17, 15) is 0 Å². The molecule has 3 rings (SSSR count). The van der Waals surface area contributed by atoms with Crippen LogP contribution in [0, 0.1) is 13.8 Å². The van der Waals surface area contributed by atoms with Gasteiger partial charge in [0.1, 0.15) is 5.69 Å². The lowest BCUT2D eigenvalue weighted by Gasteiger charge is -2.07. The third-order valence-electron chi connectivity index (χ3n) is 3.35. The zero-order valence-electron chi connectivity index (χ0n) is 10.5. The van der Waals surface area contributed by atoms with Gasteiger partial charge in [-0.25, -0.2) is 0 Å².